The van der Waals surface area contributed by atoms with Gasteiger partial charge in [-0.1, -0.05) is 36.4 Å². The Hall–Kier alpha value is -1.34. The van der Waals surface area contributed by atoms with Crippen molar-refractivity contribution in [1.29, 1.82) is 0 Å². The lowest BCUT2D eigenvalue weighted by Gasteiger charge is -2.38. The van der Waals surface area contributed by atoms with Crippen LogP contribution in [0.4, 0.5) is 0 Å². The van der Waals surface area contributed by atoms with Gasteiger partial charge in [-0.25, -0.2) is 0 Å². The molecule has 3 rings (SSSR count). The highest BCUT2D eigenvalue weighted by molar-refractivity contribution is 5.25. The average Bonchev–Trinajstić information content (AvgIpc) is 2.75. The zero-order chi connectivity index (χ0) is 19.6. The molecule has 1 aromatic carbocycles. The van der Waals surface area contributed by atoms with Crippen LogP contribution in [-0.2, 0) is 11.3 Å². The maximum atomic E-state index is 5.76. The third-order valence-electron chi connectivity index (χ3n) is 7.25. The zero-order valence-electron chi connectivity index (χ0n) is 17.8. The summed E-state index contributed by atoms with van der Waals surface area (Å²) in [5, 5.41) is 0. The van der Waals surface area contributed by atoms with Crippen molar-refractivity contribution in [3.63, 3.8) is 0 Å². The molecule has 0 aromatic heterocycles. The molecule has 1 heteroatoms. The average molecular weight is 381 g/mol. The molecular formula is C27H40O. The lowest BCUT2D eigenvalue weighted by Crippen LogP contribution is -2.25. The van der Waals surface area contributed by atoms with Crippen LogP contribution in [0.2, 0.25) is 0 Å². The first kappa shape index (κ1) is 21.4. The Bertz CT molecular complexity index is 571. The summed E-state index contributed by atoms with van der Waals surface area (Å²) < 4.78 is 5.76. The Morgan fingerprint density at radius 2 is 1.46 bits per heavy atom. The number of unbranched alkanes of at least 4 members (excludes halogenated alkanes) is 1. The van der Waals surface area contributed by atoms with Crippen molar-refractivity contribution in [3.05, 3.63) is 60.7 Å². The smallest absolute Gasteiger partial charge is 0.0716 e. The molecule has 154 valence electrons. The molecular weight excluding hydrogens is 340 g/mol. The van der Waals surface area contributed by atoms with Gasteiger partial charge < -0.3 is 4.74 Å². The van der Waals surface area contributed by atoms with Gasteiger partial charge in [0.2, 0.25) is 0 Å². The minimum absolute atomic E-state index is 0.735. The molecule has 1 aromatic rings. The van der Waals surface area contributed by atoms with Gasteiger partial charge >= 0.3 is 0 Å². The van der Waals surface area contributed by atoms with Crippen LogP contribution in [-0.4, -0.2) is 6.61 Å². The molecule has 1 nitrogen and oxygen atoms in total. The Morgan fingerprint density at radius 3 is 2.07 bits per heavy atom. The largest absolute Gasteiger partial charge is 0.377 e. The van der Waals surface area contributed by atoms with Crippen molar-refractivity contribution in [2.75, 3.05) is 6.61 Å². The normalized spacial score (nSPS) is 28.0. The first-order valence-electron chi connectivity index (χ1n) is 11.7. The van der Waals surface area contributed by atoms with Crippen molar-refractivity contribution >= 4 is 0 Å². The van der Waals surface area contributed by atoms with Gasteiger partial charge in [0, 0.05) is 6.61 Å². The Kier molecular flexibility index (Phi) is 8.86. The summed E-state index contributed by atoms with van der Waals surface area (Å²) in [5.74, 6) is 3.69. The second-order valence-electron chi connectivity index (χ2n) is 9.14. The molecule has 0 aliphatic heterocycles. The van der Waals surface area contributed by atoms with E-state index in [-0.39, 0.29) is 0 Å². The summed E-state index contributed by atoms with van der Waals surface area (Å²) in [6.45, 7) is 9.24. The van der Waals surface area contributed by atoms with Gasteiger partial charge in [0.05, 0.1) is 6.61 Å². The first-order valence-corrected chi connectivity index (χ1v) is 11.7. The molecule has 0 saturated heterocycles. The van der Waals surface area contributed by atoms with E-state index in [0.717, 1.165) is 49.7 Å². The number of hydrogen-bond acceptors (Lipinski definition) is 1. The third kappa shape index (κ3) is 6.34. The van der Waals surface area contributed by atoms with Crippen LogP contribution in [0, 0.1) is 17.8 Å². The maximum absolute atomic E-state index is 5.76. The van der Waals surface area contributed by atoms with E-state index >= 15 is 0 Å². The second-order valence-corrected chi connectivity index (χ2v) is 9.14. The van der Waals surface area contributed by atoms with E-state index < -0.39 is 0 Å². The number of ether oxygens (including phenoxy) is 1. The molecule has 0 unspecified atom stereocenters. The Labute approximate surface area is 173 Å². The van der Waals surface area contributed by atoms with Gasteiger partial charge in [0.15, 0.2) is 0 Å². The third-order valence-corrected chi connectivity index (χ3v) is 7.25. The zero-order valence-corrected chi connectivity index (χ0v) is 17.8. The van der Waals surface area contributed by atoms with Crippen LogP contribution >= 0.6 is 0 Å². The summed E-state index contributed by atoms with van der Waals surface area (Å²) in [4.78, 5) is 0. The van der Waals surface area contributed by atoms with Crippen LogP contribution < -0.4 is 0 Å². The highest BCUT2D eigenvalue weighted by Crippen LogP contribution is 2.44. The van der Waals surface area contributed by atoms with Gasteiger partial charge in [-0.15, -0.1) is 13.2 Å². The molecule has 28 heavy (non-hydrogen) atoms. The minimum Gasteiger partial charge on any atom is -0.377 e. The molecule has 2 saturated carbocycles. The van der Waals surface area contributed by atoms with Gasteiger partial charge in [0.1, 0.15) is 0 Å². The fourth-order valence-electron chi connectivity index (χ4n) is 5.46. The van der Waals surface area contributed by atoms with E-state index in [1.807, 2.05) is 6.08 Å². The van der Waals surface area contributed by atoms with Crippen LogP contribution in [0.3, 0.4) is 0 Å². The monoisotopic (exact) mass is 380 g/mol. The van der Waals surface area contributed by atoms with E-state index in [2.05, 4.69) is 43.5 Å². The second kappa shape index (κ2) is 11.6. The number of rotatable bonds is 10. The van der Waals surface area contributed by atoms with Crippen LogP contribution in [0.1, 0.15) is 87.7 Å². The molecule has 2 fully saturated rings. The van der Waals surface area contributed by atoms with Gasteiger partial charge in [-0.3, -0.25) is 0 Å². The molecule has 0 heterocycles. The first-order chi connectivity index (χ1) is 13.8. The van der Waals surface area contributed by atoms with Crippen molar-refractivity contribution in [1.82, 2.24) is 0 Å². The van der Waals surface area contributed by atoms with E-state index in [0.29, 0.717) is 0 Å². The van der Waals surface area contributed by atoms with E-state index in [4.69, 9.17) is 4.74 Å². The lowest BCUT2D eigenvalue weighted by molar-refractivity contribution is 0.119. The van der Waals surface area contributed by atoms with Gasteiger partial charge in [-0.05, 0) is 105 Å². The number of benzene rings is 1. The molecule has 2 aliphatic rings. The summed E-state index contributed by atoms with van der Waals surface area (Å²) >= 11 is 0. The van der Waals surface area contributed by atoms with E-state index in [1.54, 1.807) is 5.56 Å². The fourth-order valence-corrected chi connectivity index (χ4v) is 5.46. The standard InChI is InChI=1S/C27H40O/c1-3-5-6-20-28-21-23-10-14-25(15-11-23)27-18-16-26(17-19-27)24-12-8-22(7-4-2)9-13-24/h3-4,10-11,14-15,22,24,26-27H,1-2,5-9,12-13,16-21H2/t22-,24-,26?,27?. The molecule has 0 amide bonds. The van der Waals surface area contributed by atoms with Crippen LogP contribution in [0.5, 0.6) is 0 Å². The predicted molar refractivity (Wildman–Crippen MR) is 120 cm³/mol. The summed E-state index contributed by atoms with van der Waals surface area (Å²) in [7, 11) is 0. The Morgan fingerprint density at radius 1 is 0.821 bits per heavy atom. The highest BCUT2D eigenvalue weighted by atomic mass is 16.5. The molecule has 0 N–H and O–H groups in total. The van der Waals surface area contributed by atoms with Gasteiger partial charge in [-0.2, -0.15) is 0 Å². The summed E-state index contributed by atoms with van der Waals surface area (Å²) in [5.41, 5.74) is 2.84. The van der Waals surface area contributed by atoms with E-state index in [1.165, 1.54) is 63.4 Å². The van der Waals surface area contributed by atoms with E-state index in [9.17, 15) is 0 Å². The highest BCUT2D eigenvalue weighted by Gasteiger charge is 2.30. The summed E-state index contributed by atoms with van der Waals surface area (Å²) in [6, 6.07) is 9.26. The molecule has 2 aliphatic carbocycles. The number of hydrogen-bond donors (Lipinski definition) is 0. The molecule has 0 bridgehead atoms. The maximum Gasteiger partial charge on any atom is 0.0716 e. The van der Waals surface area contributed by atoms with Crippen LogP contribution in [0.25, 0.3) is 0 Å². The van der Waals surface area contributed by atoms with Crippen molar-refractivity contribution in [3.8, 4) is 0 Å². The predicted octanol–water partition coefficient (Wildman–Crippen LogP) is 7.83. The fraction of sp³-hybridized carbons (Fsp3) is 0.630. The lowest BCUT2D eigenvalue weighted by atomic mass is 9.68. The molecule has 0 radical (unpaired) electrons. The molecule has 0 spiro atoms. The van der Waals surface area contributed by atoms with Crippen molar-refractivity contribution < 1.29 is 4.74 Å². The van der Waals surface area contributed by atoms with Crippen LogP contribution in [0.15, 0.2) is 49.6 Å². The van der Waals surface area contributed by atoms with Gasteiger partial charge in [0.25, 0.3) is 0 Å². The SMILES string of the molecule is C=CCCCOCc1ccc(C2CCC([C@H]3CC[C@H](CC=C)CC3)CC2)cc1. The minimum atomic E-state index is 0.735. The molecule has 0 atom stereocenters. The van der Waals surface area contributed by atoms with Crippen molar-refractivity contribution in [2.45, 2.75) is 83.2 Å². The quantitative estimate of drug-likeness (QED) is 0.297. The topological polar surface area (TPSA) is 9.23 Å². The summed E-state index contributed by atoms with van der Waals surface area (Å²) in [6.07, 6.45) is 18.9. The number of allylic oxidation sites excluding steroid dienone is 2. The Balaban J connectivity index is 1.39. The van der Waals surface area contributed by atoms with Crippen molar-refractivity contribution in [2.24, 2.45) is 17.8 Å².